The average molecular weight is 711 g/mol. The second kappa shape index (κ2) is 8.47. The molecule has 0 spiro atoms. The number of imide groups is 2. The molecule has 2 aliphatic rings. The molecule has 0 radical (unpaired) electrons. The molecule has 0 aromatic heterocycles. The minimum absolute atomic E-state index is 0.245. The van der Waals surface area contributed by atoms with Gasteiger partial charge >= 0.3 is 0 Å². The van der Waals surface area contributed by atoms with Gasteiger partial charge in [0.2, 0.25) is 0 Å². The van der Waals surface area contributed by atoms with E-state index in [-0.39, 0.29) is 33.7 Å². The molecular weight excluding hydrogens is 687 g/mol. The van der Waals surface area contributed by atoms with Crippen LogP contribution in [0.25, 0.3) is 75.4 Å². The number of alkyl halides is 1. The van der Waals surface area contributed by atoms with Gasteiger partial charge in [0, 0.05) is 39.1 Å². The van der Waals surface area contributed by atoms with E-state index in [9.17, 15) is 19.2 Å². The van der Waals surface area contributed by atoms with Gasteiger partial charge in [-0.15, -0.1) is 0 Å². The Bertz CT molecular complexity index is 2440. The van der Waals surface area contributed by atoms with Crippen LogP contribution in [-0.4, -0.2) is 43.5 Å². The minimum Gasteiger partial charge on any atom is -0.272 e. The van der Waals surface area contributed by atoms with Crippen LogP contribution in [0, 0.1) is 0 Å². The lowest BCUT2D eigenvalue weighted by atomic mass is 9.81. The number of halogens is 1. The third-order valence-corrected chi connectivity index (χ3v) is 10.9. The highest BCUT2D eigenvalue weighted by molar-refractivity contribution is 14.1. The zero-order valence-corrected chi connectivity index (χ0v) is 27.1. The maximum atomic E-state index is 13.6. The Morgan fingerprint density at radius 1 is 0.391 bits per heavy atom. The highest BCUT2D eigenvalue weighted by atomic mass is 127. The molecule has 0 saturated heterocycles. The number of rotatable bonds is 2. The standard InChI is InChI=1S/C39H23IN2O4/c1-16(2)41-36(43)26-12-8-22-18-4-6-20-24-10-14-28-35-29(39(46)42(17(3)40)38(28)45)15-11-25(33(24)35)21-7-5-19(30(18)31(20)21)23-9-13-27(37(41)44)34(26)32(22)23/h4-17H,1-3H3. The van der Waals surface area contributed by atoms with Gasteiger partial charge in [0.05, 0.1) is 4.05 Å². The number of fused-ring (bicyclic) bond motifs is 4. The largest absolute Gasteiger partial charge is 0.272 e. The zero-order valence-electron chi connectivity index (χ0n) is 25.0. The summed E-state index contributed by atoms with van der Waals surface area (Å²) < 4.78 is -0.274. The molecule has 0 N–H and O–H groups in total. The molecule has 7 heteroatoms. The molecule has 0 bridgehead atoms. The van der Waals surface area contributed by atoms with E-state index >= 15 is 0 Å². The number of amides is 4. The lowest BCUT2D eigenvalue weighted by Crippen LogP contribution is -2.44. The van der Waals surface area contributed by atoms with Crippen molar-refractivity contribution in [2.24, 2.45) is 0 Å². The topological polar surface area (TPSA) is 74.8 Å². The van der Waals surface area contributed by atoms with E-state index < -0.39 is 0 Å². The molecule has 8 aromatic rings. The number of hydrogen-bond donors (Lipinski definition) is 0. The summed E-state index contributed by atoms with van der Waals surface area (Å²) in [6.07, 6.45) is 0. The van der Waals surface area contributed by atoms with Gasteiger partial charge in [0.1, 0.15) is 0 Å². The van der Waals surface area contributed by atoms with Crippen molar-refractivity contribution in [1.82, 2.24) is 9.80 Å². The highest BCUT2D eigenvalue weighted by Gasteiger charge is 2.37. The van der Waals surface area contributed by atoms with Crippen molar-refractivity contribution >= 4 is 122 Å². The number of carbonyl (C=O) groups is 4. The van der Waals surface area contributed by atoms with E-state index in [1.165, 1.54) is 9.80 Å². The van der Waals surface area contributed by atoms with Gasteiger partial charge in [-0.3, -0.25) is 29.0 Å². The predicted octanol–water partition coefficient (Wildman–Crippen LogP) is 9.02. The first-order valence-electron chi connectivity index (χ1n) is 15.4. The number of hydrogen-bond acceptors (Lipinski definition) is 4. The summed E-state index contributed by atoms with van der Waals surface area (Å²) in [7, 11) is 0. The van der Waals surface area contributed by atoms with Gasteiger partial charge < -0.3 is 0 Å². The van der Waals surface area contributed by atoms with Crippen molar-refractivity contribution in [3.05, 3.63) is 95.1 Å². The molecule has 220 valence electrons. The van der Waals surface area contributed by atoms with Crippen LogP contribution in [-0.2, 0) is 0 Å². The summed E-state index contributed by atoms with van der Waals surface area (Å²) in [5.74, 6) is -1.03. The van der Waals surface area contributed by atoms with E-state index in [1.54, 1.807) is 0 Å². The van der Waals surface area contributed by atoms with Gasteiger partial charge in [-0.25, -0.2) is 0 Å². The third kappa shape index (κ3) is 2.85. The summed E-state index contributed by atoms with van der Waals surface area (Å²) in [6, 6.07) is 23.9. The van der Waals surface area contributed by atoms with E-state index in [1.807, 2.05) is 69.3 Å². The van der Waals surface area contributed by atoms with Crippen LogP contribution in [0.4, 0.5) is 0 Å². The molecule has 10 rings (SSSR count). The summed E-state index contributed by atoms with van der Waals surface area (Å²) in [5, 5.41) is 13.8. The quantitative estimate of drug-likeness (QED) is 0.0449. The molecule has 2 aliphatic heterocycles. The van der Waals surface area contributed by atoms with Crippen molar-refractivity contribution < 1.29 is 19.2 Å². The first-order valence-corrected chi connectivity index (χ1v) is 16.6. The Hall–Kier alpha value is -4.89. The second-order valence-electron chi connectivity index (χ2n) is 12.8. The number of carbonyl (C=O) groups excluding carboxylic acids is 4. The predicted molar refractivity (Wildman–Crippen MR) is 191 cm³/mol. The van der Waals surface area contributed by atoms with Crippen molar-refractivity contribution in [3.8, 4) is 0 Å². The van der Waals surface area contributed by atoms with Gasteiger partial charge in [0.25, 0.3) is 23.6 Å². The fourth-order valence-corrected chi connectivity index (χ4v) is 9.00. The average Bonchev–Trinajstić information content (AvgIpc) is 3.04. The van der Waals surface area contributed by atoms with Crippen molar-refractivity contribution in [2.45, 2.75) is 30.9 Å². The summed E-state index contributed by atoms with van der Waals surface area (Å²) >= 11 is 2.12. The summed E-state index contributed by atoms with van der Waals surface area (Å²) in [4.78, 5) is 57.0. The van der Waals surface area contributed by atoms with Crippen LogP contribution in [0.15, 0.2) is 72.8 Å². The summed E-state index contributed by atoms with van der Waals surface area (Å²) in [6.45, 7) is 5.58. The first-order chi connectivity index (χ1) is 22.2. The fraction of sp³-hybridized carbons (Fsp3) is 0.128. The van der Waals surface area contributed by atoms with Crippen LogP contribution in [0.5, 0.6) is 0 Å². The van der Waals surface area contributed by atoms with Crippen LogP contribution < -0.4 is 0 Å². The Morgan fingerprint density at radius 3 is 0.891 bits per heavy atom. The highest BCUT2D eigenvalue weighted by Crippen LogP contribution is 2.50. The molecule has 4 amide bonds. The summed E-state index contributed by atoms with van der Waals surface area (Å²) in [5.41, 5.74) is 2.24. The Labute approximate surface area is 275 Å². The van der Waals surface area contributed by atoms with Gasteiger partial charge in [-0.05, 0) is 110 Å². The van der Waals surface area contributed by atoms with E-state index in [4.69, 9.17) is 0 Å². The number of benzene rings is 8. The second-order valence-corrected chi connectivity index (χ2v) is 14.6. The SMILES string of the molecule is CC(C)N1C(=O)c2ccc3c4ccc5c6ccc7c8c(ccc(c9ccc(c%10ccc(c2c3%10)C1=O)c4c59)c86)C(=O)N(C(C)I)C7=O. The van der Waals surface area contributed by atoms with E-state index in [2.05, 4.69) is 46.9 Å². The molecular formula is C39H23IN2O4. The minimum atomic E-state index is -0.274. The maximum absolute atomic E-state index is 13.6. The van der Waals surface area contributed by atoms with Crippen molar-refractivity contribution in [2.75, 3.05) is 0 Å². The number of nitrogens with zero attached hydrogens (tertiary/aromatic N) is 2. The molecule has 2 heterocycles. The lowest BCUT2D eigenvalue weighted by molar-refractivity contribution is 0.0559. The van der Waals surface area contributed by atoms with Crippen LogP contribution in [0.1, 0.15) is 62.2 Å². The smallest absolute Gasteiger partial charge is 0.262 e. The Morgan fingerprint density at radius 2 is 0.630 bits per heavy atom. The molecule has 6 nitrogen and oxygen atoms in total. The fourth-order valence-electron chi connectivity index (χ4n) is 8.49. The van der Waals surface area contributed by atoms with Crippen LogP contribution in [0.2, 0.25) is 0 Å². The molecule has 1 unspecified atom stereocenters. The van der Waals surface area contributed by atoms with Gasteiger partial charge in [-0.2, -0.15) is 0 Å². The maximum Gasteiger partial charge on any atom is 0.262 e. The molecule has 0 fully saturated rings. The van der Waals surface area contributed by atoms with Crippen molar-refractivity contribution in [1.29, 1.82) is 0 Å². The zero-order chi connectivity index (χ0) is 31.5. The monoisotopic (exact) mass is 710 g/mol. The third-order valence-electron chi connectivity index (χ3n) is 10.3. The van der Waals surface area contributed by atoms with Gasteiger partial charge in [-0.1, -0.05) is 71.1 Å². The molecule has 0 saturated carbocycles. The molecule has 46 heavy (non-hydrogen) atoms. The molecule has 1 atom stereocenters. The Kier molecular flexibility index (Phi) is 4.85. The van der Waals surface area contributed by atoms with Crippen LogP contribution >= 0.6 is 22.6 Å². The van der Waals surface area contributed by atoms with Gasteiger partial charge in [0.15, 0.2) is 0 Å². The van der Waals surface area contributed by atoms with Crippen molar-refractivity contribution in [3.63, 3.8) is 0 Å². The Balaban J connectivity index is 1.36. The lowest BCUT2D eigenvalue weighted by Gasteiger charge is -2.31. The van der Waals surface area contributed by atoms with E-state index in [0.717, 1.165) is 75.4 Å². The molecule has 0 aliphatic carbocycles. The van der Waals surface area contributed by atoms with Crippen LogP contribution in [0.3, 0.4) is 0 Å². The first kappa shape index (κ1) is 26.3. The normalized spacial score (nSPS) is 16.0. The molecule has 8 aromatic carbocycles. The van der Waals surface area contributed by atoms with E-state index in [0.29, 0.717) is 22.3 Å².